The topological polar surface area (TPSA) is 101 Å². The Bertz CT molecular complexity index is 559. The Labute approximate surface area is 121 Å². The van der Waals surface area contributed by atoms with Gasteiger partial charge in [0.2, 0.25) is 0 Å². The fourth-order valence-electron chi connectivity index (χ4n) is 1.80. The lowest BCUT2D eigenvalue weighted by atomic mass is 9.98. The maximum atomic E-state index is 11.3. The molecule has 0 heterocycles. The van der Waals surface area contributed by atoms with Gasteiger partial charge in [-0.25, -0.2) is 9.59 Å². The van der Waals surface area contributed by atoms with Crippen molar-refractivity contribution < 1.29 is 29.3 Å². The van der Waals surface area contributed by atoms with Crippen LogP contribution in [0.5, 0.6) is 0 Å². The van der Waals surface area contributed by atoms with Crippen LogP contribution < -0.4 is 0 Å². The van der Waals surface area contributed by atoms with Gasteiger partial charge in [-0.2, -0.15) is 0 Å². The second kappa shape index (κ2) is 7.84. The average Bonchev–Trinajstić information content (AvgIpc) is 2.42. The second-order valence-electron chi connectivity index (χ2n) is 4.32. The molecule has 1 rings (SSSR count). The van der Waals surface area contributed by atoms with E-state index in [-0.39, 0.29) is 30.6 Å². The molecule has 0 saturated heterocycles. The Hall–Kier alpha value is -2.63. The highest BCUT2D eigenvalue weighted by molar-refractivity contribution is 5.99. The number of carbonyl (C=O) groups excluding carboxylic acids is 1. The Balaban J connectivity index is 3.01. The average molecular weight is 292 g/mol. The molecule has 0 radical (unpaired) electrons. The van der Waals surface area contributed by atoms with E-state index in [4.69, 9.17) is 0 Å². The molecule has 0 amide bonds. The third kappa shape index (κ3) is 5.48. The molecular weight excluding hydrogens is 276 g/mol. The molecule has 112 valence electrons. The number of hydrogen-bond acceptors (Lipinski definition) is 4. The van der Waals surface area contributed by atoms with Gasteiger partial charge in [0.25, 0.3) is 0 Å². The zero-order chi connectivity index (χ0) is 15.8. The van der Waals surface area contributed by atoms with Crippen molar-refractivity contribution in [3.05, 3.63) is 47.0 Å². The monoisotopic (exact) mass is 292 g/mol. The molecule has 0 unspecified atom stereocenters. The zero-order valence-electron chi connectivity index (χ0n) is 11.5. The summed E-state index contributed by atoms with van der Waals surface area (Å²) in [5.74, 6) is -3.16. The van der Waals surface area contributed by atoms with Gasteiger partial charge in [-0.1, -0.05) is 30.3 Å². The van der Waals surface area contributed by atoms with E-state index in [1.165, 1.54) is 6.92 Å². The summed E-state index contributed by atoms with van der Waals surface area (Å²) in [4.78, 5) is 33.3. The summed E-state index contributed by atoms with van der Waals surface area (Å²) < 4.78 is 4.67. The summed E-state index contributed by atoms with van der Waals surface area (Å²) in [7, 11) is 0. The maximum Gasteiger partial charge on any atom is 0.332 e. The first-order valence-electron chi connectivity index (χ1n) is 6.27. The molecule has 0 aliphatic heterocycles. The van der Waals surface area contributed by atoms with Crippen LogP contribution in [-0.4, -0.2) is 34.7 Å². The molecule has 1 aromatic rings. The summed E-state index contributed by atoms with van der Waals surface area (Å²) in [5, 5.41) is 18.4. The van der Waals surface area contributed by atoms with E-state index in [2.05, 4.69) is 4.74 Å². The van der Waals surface area contributed by atoms with E-state index in [1.54, 1.807) is 30.3 Å². The van der Waals surface area contributed by atoms with E-state index in [0.717, 1.165) is 0 Å². The highest BCUT2D eigenvalue weighted by Crippen LogP contribution is 2.16. The lowest BCUT2D eigenvalue weighted by Gasteiger charge is -2.09. The van der Waals surface area contributed by atoms with Crippen LogP contribution in [0.2, 0.25) is 0 Å². The van der Waals surface area contributed by atoms with E-state index in [0.29, 0.717) is 5.56 Å². The van der Waals surface area contributed by atoms with Crippen LogP contribution in [0.4, 0.5) is 0 Å². The molecule has 6 nitrogen and oxygen atoms in total. The molecule has 0 fully saturated rings. The van der Waals surface area contributed by atoms with E-state index < -0.39 is 17.9 Å². The molecule has 0 aliphatic rings. The van der Waals surface area contributed by atoms with Crippen molar-refractivity contribution in [2.45, 2.75) is 19.8 Å². The van der Waals surface area contributed by atoms with Gasteiger partial charge in [0.05, 0.1) is 17.8 Å². The molecule has 1 aromatic carbocycles. The van der Waals surface area contributed by atoms with Crippen molar-refractivity contribution in [2.24, 2.45) is 0 Å². The Morgan fingerprint density at radius 1 is 1.00 bits per heavy atom. The Morgan fingerprint density at radius 3 is 2.05 bits per heavy atom. The fraction of sp³-hybridized carbons (Fsp3) is 0.267. The summed E-state index contributed by atoms with van der Waals surface area (Å²) in [6.45, 7) is 1.04. The number of carboxylic acid groups (broad SMARTS) is 2. The minimum atomic E-state index is -1.32. The number of carboxylic acids is 2. The van der Waals surface area contributed by atoms with Crippen molar-refractivity contribution in [3.8, 4) is 0 Å². The van der Waals surface area contributed by atoms with Crippen LogP contribution in [0, 0.1) is 0 Å². The van der Waals surface area contributed by atoms with Crippen molar-refractivity contribution in [3.63, 3.8) is 0 Å². The van der Waals surface area contributed by atoms with Crippen LogP contribution in [-0.2, 0) is 25.5 Å². The number of carbonyl (C=O) groups is 3. The van der Waals surface area contributed by atoms with Crippen LogP contribution in [0.1, 0.15) is 18.9 Å². The Morgan fingerprint density at radius 2 is 1.57 bits per heavy atom. The number of ether oxygens (including phenoxy) is 1. The normalized spacial score (nSPS) is 11.5. The number of esters is 1. The molecule has 2 N–H and O–H groups in total. The van der Waals surface area contributed by atoms with Crippen LogP contribution in [0.3, 0.4) is 0 Å². The van der Waals surface area contributed by atoms with Gasteiger partial charge in [-0.05, 0) is 5.56 Å². The fourth-order valence-corrected chi connectivity index (χ4v) is 1.80. The SMILES string of the molecule is CC(=O)OCC/C(C(=O)O)=C(\Cc1ccccc1)C(=O)O. The molecule has 0 aliphatic carbocycles. The first kappa shape index (κ1) is 16.4. The van der Waals surface area contributed by atoms with Crippen molar-refractivity contribution in [2.75, 3.05) is 6.61 Å². The van der Waals surface area contributed by atoms with E-state index >= 15 is 0 Å². The van der Waals surface area contributed by atoms with Gasteiger partial charge in [0.1, 0.15) is 0 Å². The lowest BCUT2D eigenvalue weighted by Crippen LogP contribution is -2.15. The quantitative estimate of drug-likeness (QED) is 0.585. The van der Waals surface area contributed by atoms with Crippen LogP contribution >= 0.6 is 0 Å². The van der Waals surface area contributed by atoms with Crippen LogP contribution in [0.15, 0.2) is 41.5 Å². The molecule has 0 atom stereocenters. The predicted octanol–water partition coefficient (Wildman–Crippen LogP) is 1.65. The third-order valence-electron chi connectivity index (χ3n) is 2.76. The van der Waals surface area contributed by atoms with E-state index in [1.807, 2.05) is 0 Å². The first-order chi connectivity index (χ1) is 9.91. The third-order valence-corrected chi connectivity index (χ3v) is 2.76. The first-order valence-corrected chi connectivity index (χ1v) is 6.27. The van der Waals surface area contributed by atoms with Gasteiger partial charge in [0, 0.05) is 19.8 Å². The maximum absolute atomic E-state index is 11.3. The largest absolute Gasteiger partial charge is 0.478 e. The summed E-state index contributed by atoms with van der Waals surface area (Å²) in [6, 6.07) is 8.71. The Kier molecular flexibility index (Phi) is 6.13. The molecule has 0 bridgehead atoms. The van der Waals surface area contributed by atoms with Gasteiger partial charge in [0.15, 0.2) is 0 Å². The summed E-state index contributed by atoms with van der Waals surface area (Å²) in [6.07, 6.45) is -0.152. The molecule has 6 heteroatoms. The highest BCUT2D eigenvalue weighted by Gasteiger charge is 2.20. The standard InChI is InChI=1S/C15H16O6/c1-10(16)21-8-7-12(14(17)18)13(15(19)20)9-11-5-3-2-4-6-11/h2-6H,7-9H2,1H3,(H,17,18)(H,19,20)/b13-12-. The summed E-state index contributed by atoms with van der Waals surface area (Å²) >= 11 is 0. The van der Waals surface area contributed by atoms with Gasteiger partial charge >= 0.3 is 17.9 Å². The molecule has 0 aromatic heterocycles. The molecule has 21 heavy (non-hydrogen) atoms. The number of benzene rings is 1. The number of aliphatic carboxylic acids is 2. The molecule has 0 saturated carbocycles. The lowest BCUT2D eigenvalue weighted by molar-refractivity contribution is -0.141. The number of rotatable bonds is 7. The van der Waals surface area contributed by atoms with Crippen molar-refractivity contribution >= 4 is 17.9 Å². The van der Waals surface area contributed by atoms with Crippen molar-refractivity contribution in [1.82, 2.24) is 0 Å². The summed E-state index contributed by atoms with van der Waals surface area (Å²) in [5.41, 5.74) is 0.231. The van der Waals surface area contributed by atoms with Crippen LogP contribution in [0.25, 0.3) is 0 Å². The smallest absolute Gasteiger partial charge is 0.332 e. The van der Waals surface area contributed by atoms with Gasteiger partial charge in [-0.15, -0.1) is 0 Å². The van der Waals surface area contributed by atoms with Crippen molar-refractivity contribution in [1.29, 1.82) is 0 Å². The molecular formula is C15H16O6. The highest BCUT2D eigenvalue weighted by atomic mass is 16.5. The minimum Gasteiger partial charge on any atom is -0.478 e. The minimum absolute atomic E-state index is 0.00211. The van der Waals surface area contributed by atoms with Gasteiger partial charge in [-0.3, -0.25) is 4.79 Å². The van der Waals surface area contributed by atoms with E-state index in [9.17, 15) is 24.6 Å². The van der Waals surface area contributed by atoms with Gasteiger partial charge < -0.3 is 14.9 Å². The molecule has 0 spiro atoms. The number of hydrogen-bond donors (Lipinski definition) is 2. The predicted molar refractivity (Wildman–Crippen MR) is 73.7 cm³/mol. The second-order valence-corrected chi connectivity index (χ2v) is 4.32. The zero-order valence-corrected chi connectivity index (χ0v) is 11.5.